The van der Waals surface area contributed by atoms with Crippen molar-refractivity contribution in [3.63, 3.8) is 0 Å². The van der Waals surface area contributed by atoms with E-state index >= 15 is 0 Å². The Hall–Kier alpha value is 0.210. The first-order valence-corrected chi connectivity index (χ1v) is 6.92. The molecule has 0 saturated carbocycles. The Morgan fingerprint density at radius 1 is 1.12 bits per heavy atom. The fourth-order valence-corrected chi connectivity index (χ4v) is 3.38. The molecule has 0 bridgehead atoms. The molecule has 2 heterocycles. The van der Waals surface area contributed by atoms with Crippen LogP contribution in [0.2, 0.25) is 0 Å². The van der Waals surface area contributed by atoms with Crippen LogP contribution >= 0.6 is 12.4 Å². The van der Waals surface area contributed by atoms with Crippen LogP contribution in [0.1, 0.15) is 46.5 Å². The van der Waals surface area contributed by atoms with E-state index in [1.54, 1.807) is 0 Å². The van der Waals surface area contributed by atoms with Crippen molar-refractivity contribution in [3.05, 3.63) is 0 Å². The lowest BCUT2D eigenvalue weighted by atomic mass is 9.86. The second-order valence-electron chi connectivity index (χ2n) is 7.07. The maximum atomic E-state index is 3.51. The van der Waals surface area contributed by atoms with Crippen molar-refractivity contribution in [2.45, 2.75) is 46.5 Å². The molecule has 0 aromatic heterocycles. The van der Waals surface area contributed by atoms with Crippen molar-refractivity contribution in [3.8, 4) is 0 Å². The fraction of sp³-hybridized carbons (Fsp3) is 1.00. The Bertz CT molecular complexity index is 234. The third kappa shape index (κ3) is 4.42. The Kier molecular flexibility index (Phi) is 5.30. The summed E-state index contributed by atoms with van der Waals surface area (Å²) in [5.74, 6) is 0. The molecular weight excluding hydrogens is 232 g/mol. The summed E-state index contributed by atoms with van der Waals surface area (Å²) in [6, 6.07) is 0. The number of hydrogen-bond donors (Lipinski definition) is 1. The van der Waals surface area contributed by atoms with Crippen LogP contribution in [0.5, 0.6) is 0 Å². The minimum absolute atomic E-state index is 0. The summed E-state index contributed by atoms with van der Waals surface area (Å²) in [6.45, 7) is 13.6. The third-order valence-electron chi connectivity index (χ3n) is 4.29. The summed E-state index contributed by atoms with van der Waals surface area (Å²) in [4.78, 5) is 2.72. The Balaban J connectivity index is 0.00000144. The molecule has 2 aliphatic rings. The van der Waals surface area contributed by atoms with Crippen LogP contribution in [0, 0.1) is 10.8 Å². The molecule has 0 aromatic rings. The zero-order valence-electron chi connectivity index (χ0n) is 11.7. The molecule has 0 aliphatic carbocycles. The minimum atomic E-state index is 0. The van der Waals surface area contributed by atoms with Gasteiger partial charge in [-0.25, -0.2) is 0 Å². The highest BCUT2D eigenvalue weighted by molar-refractivity contribution is 5.85. The van der Waals surface area contributed by atoms with Gasteiger partial charge < -0.3 is 10.2 Å². The van der Waals surface area contributed by atoms with Gasteiger partial charge in [-0.05, 0) is 43.2 Å². The summed E-state index contributed by atoms with van der Waals surface area (Å²) in [5.41, 5.74) is 1.05. The first-order valence-electron chi connectivity index (χ1n) is 6.92. The number of nitrogens with one attached hydrogen (secondary N) is 1. The quantitative estimate of drug-likeness (QED) is 0.821. The van der Waals surface area contributed by atoms with Gasteiger partial charge in [0.1, 0.15) is 0 Å². The van der Waals surface area contributed by atoms with Gasteiger partial charge in [0.15, 0.2) is 0 Å². The summed E-state index contributed by atoms with van der Waals surface area (Å²) in [7, 11) is 0. The molecule has 0 spiro atoms. The average Bonchev–Trinajstić information content (AvgIpc) is 2.51. The zero-order chi connectivity index (χ0) is 11.6. The molecule has 2 rings (SSSR count). The summed E-state index contributed by atoms with van der Waals surface area (Å²) in [6.07, 6.45) is 5.56. The molecule has 1 unspecified atom stereocenters. The van der Waals surface area contributed by atoms with Crippen molar-refractivity contribution in [1.29, 1.82) is 0 Å². The highest BCUT2D eigenvalue weighted by Crippen LogP contribution is 2.31. The van der Waals surface area contributed by atoms with Crippen LogP contribution in [-0.4, -0.2) is 37.6 Å². The van der Waals surface area contributed by atoms with E-state index in [2.05, 4.69) is 31.0 Å². The molecule has 1 atom stereocenters. The predicted octanol–water partition coefficient (Wildman–Crippen LogP) is 2.92. The molecule has 0 radical (unpaired) electrons. The second kappa shape index (κ2) is 5.90. The summed E-state index contributed by atoms with van der Waals surface area (Å²) < 4.78 is 0. The number of nitrogens with zero attached hydrogens (tertiary/aromatic N) is 1. The Labute approximate surface area is 113 Å². The van der Waals surface area contributed by atoms with Gasteiger partial charge in [0, 0.05) is 19.6 Å². The molecule has 1 N–H and O–H groups in total. The highest BCUT2D eigenvalue weighted by Gasteiger charge is 2.33. The van der Waals surface area contributed by atoms with Gasteiger partial charge in [-0.15, -0.1) is 12.4 Å². The van der Waals surface area contributed by atoms with E-state index in [4.69, 9.17) is 0 Å². The van der Waals surface area contributed by atoms with E-state index in [0.29, 0.717) is 10.8 Å². The van der Waals surface area contributed by atoms with E-state index < -0.39 is 0 Å². The minimum Gasteiger partial charge on any atom is -0.316 e. The fourth-order valence-electron chi connectivity index (χ4n) is 3.38. The van der Waals surface area contributed by atoms with Crippen LogP contribution in [0.25, 0.3) is 0 Å². The average molecular weight is 261 g/mol. The van der Waals surface area contributed by atoms with Crippen LogP contribution in [0.4, 0.5) is 0 Å². The number of likely N-dealkylation sites (tertiary alicyclic amines) is 1. The lowest BCUT2D eigenvalue weighted by Gasteiger charge is -2.35. The lowest BCUT2D eigenvalue weighted by molar-refractivity contribution is 0.138. The van der Waals surface area contributed by atoms with E-state index in [1.165, 1.54) is 58.4 Å². The molecule has 102 valence electrons. The second-order valence-corrected chi connectivity index (χ2v) is 7.07. The maximum Gasteiger partial charge on any atom is 0.00482 e. The Morgan fingerprint density at radius 3 is 2.53 bits per heavy atom. The van der Waals surface area contributed by atoms with Gasteiger partial charge in [0.2, 0.25) is 0 Å². The maximum absolute atomic E-state index is 3.51. The Morgan fingerprint density at radius 2 is 1.88 bits per heavy atom. The van der Waals surface area contributed by atoms with E-state index in [9.17, 15) is 0 Å². The van der Waals surface area contributed by atoms with E-state index in [-0.39, 0.29) is 12.4 Å². The lowest BCUT2D eigenvalue weighted by Crippen LogP contribution is -2.41. The van der Waals surface area contributed by atoms with Gasteiger partial charge in [-0.2, -0.15) is 0 Å². The van der Waals surface area contributed by atoms with Gasteiger partial charge >= 0.3 is 0 Å². The van der Waals surface area contributed by atoms with Crippen LogP contribution in [0.15, 0.2) is 0 Å². The SMILES string of the molecule is CC1(C)CCCCN(CC2(C)CCNC2)C1.Cl. The highest BCUT2D eigenvalue weighted by atomic mass is 35.5. The number of halogens is 1. The van der Waals surface area contributed by atoms with Crippen molar-refractivity contribution in [2.24, 2.45) is 10.8 Å². The molecule has 2 aliphatic heterocycles. The molecule has 2 nitrogen and oxygen atoms in total. The van der Waals surface area contributed by atoms with Gasteiger partial charge in [0.05, 0.1) is 0 Å². The van der Waals surface area contributed by atoms with Gasteiger partial charge in [-0.1, -0.05) is 27.2 Å². The van der Waals surface area contributed by atoms with E-state index in [1.807, 2.05) is 0 Å². The summed E-state index contributed by atoms with van der Waals surface area (Å²) >= 11 is 0. The molecule has 2 saturated heterocycles. The number of rotatable bonds is 2. The standard InChI is InChI=1S/C14H28N2.ClH/c1-13(2)6-4-5-9-16(11-13)12-14(3)7-8-15-10-14;/h15H,4-12H2,1-3H3;1H. The van der Waals surface area contributed by atoms with Gasteiger partial charge in [0.25, 0.3) is 0 Å². The molecule has 17 heavy (non-hydrogen) atoms. The molecule has 3 heteroatoms. The third-order valence-corrected chi connectivity index (χ3v) is 4.29. The van der Waals surface area contributed by atoms with Crippen molar-refractivity contribution < 1.29 is 0 Å². The van der Waals surface area contributed by atoms with Crippen LogP contribution in [0.3, 0.4) is 0 Å². The zero-order valence-corrected chi connectivity index (χ0v) is 12.5. The van der Waals surface area contributed by atoms with Crippen molar-refractivity contribution >= 4 is 12.4 Å². The molecular formula is C14H29ClN2. The largest absolute Gasteiger partial charge is 0.316 e. The topological polar surface area (TPSA) is 15.3 Å². The van der Waals surface area contributed by atoms with Crippen molar-refractivity contribution in [1.82, 2.24) is 10.2 Å². The van der Waals surface area contributed by atoms with Crippen LogP contribution in [-0.2, 0) is 0 Å². The van der Waals surface area contributed by atoms with Crippen LogP contribution < -0.4 is 5.32 Å². The summed E-state index contributed by atoms with van der Waals surface area (Å²) in [5, 5.41) is 3.51. The van der Waals surface area contributed by atoms with Gasteiger partial charge in [-0.3, -0.25) is 0 Å². The monoisotopic (exact) mass is 260 g/mol. The smallest absolute Gasteiger partial charge is 0.00482 e. The predicted molar refractivity (Wildman–Crippen MR) is 76.9 cm³/mol. The first kappa shape index (κ1) is 15.3. The number of hydrogen-bond acceptors (Lipinski definition) is 2. The first-order chi connectivity index (χ1) is 7.49. The molecule has 2 fully saturated rings. The normalized spacial score (nSPS) is 34.1. The van der Waals surface area contributed by atoms with Crippen molar-refractivity contribution in [2.75, 3.05) is 32.7 Å². The molecule has 0 aromatic carbocycles. The molecule has 0 amide bonds. The van der Waals surface area contributed by atoms with E-state index in [0.717, 1.165) is 0 Å².